The zero-order valence-corrected chi connectivity index (χ0v) is 15.8. The first-order valence-corrected chi connectivity index (χ1v) is 8.60. The summed E-state index contributed by atoms with van der Waals surface area (Å²) in [6.45, 7) is 5.33. The lowest BCUT2D eigenvalue weighted by Gasteiger charge is -2.27. The van der Waals surface area contributed by atoms with Crippen LogP contribution in [0.2, 0.25) is 10.0 Å². The molecule has 25 heavy (non-hydrogen) atoms. The van der Waals surface area contributed by atoms with Gasteiger partial charge in [0, 0.05) is 10.0 Å². The van der Waals surface area contributed by atoms with Crippen molar-refractivity contribution in [3.63, 3.8) is 0 Å². The number of nitrogens with one attached hydrogen (secondary N) is 1. The van der Waals surface area contributed by atoms with Crippen molar-refractivity contribution in [1.29, 1.82) is 0 Å². The van der Waals surface area contributed by atoms with Gasteiger partial charge < -0.3 is 15.2 Å². The third-order valence-electron chi connectivity index (χ3n) is 3.43. The summed E-state index contributed by atoms with van der Waals surface area (Å²) < 4.78 is 5.31. The second-order valence-corrected chi connectivity index (χ2v) is 7.54. The standard InChI is InChI=1S/C19H21Cl2NO3/c1-19(2,3)25-18(24)22-16(12-4-8-14(20)9-5-12)17(23)13-6-10-15(21)11-7-13/h4-11,16-17,23H,1-3H3,(H,22,24). The summed E-state index contributed by atoms with van der Waals surface area (Å²) >= 11 is 11.8. The summed E-state index contributed by atoms with van der Waals surface area (Å²) in [6.07, 6.45) is -1.59. The van der Waals surface area contributed by atoms with Gasteiger partial charge in [-0.2, -0.15) is 0 Å². The van der Waals surface area contributed by atoms with Gasteiger partial charge in [0.05, 0.1) is 6.04 Å². The fourth-order valence-electron chi connectivity index (χ4n) is 2.30. The topological polar surface area (TPSA) is 58.6 Å². The van der Waals surface area contributed by atoms with Crippen LogP contribution >= 0.6 is 23.2 Å². The van der Waals surface area contributed by atoms with Crippen molar-refractivity contribution in [1.82, 2.24) is 5.32 Å². The number of benzene rings is 2. The van der Waals surface area contributed by atoms with Crippen molar-refractivity contribution < 1.29 is 14.6 Å². The van der Waals surface area contributed by atoms with Gasteiger partial charge in [-0.05, 0) is 56.2 Å². The van der Waals surface area contributed by atoms with Crippen LogP contribution in [0.1, 0.15) is 44.0 Å². The fraction of sp³-hybridized carbons (Fsp3) is 0.316. The van der Waals surface area contributed by atoms with Gasteiger partial charge in [-0.15, -0.1) is 0 Å². The lowest BCUT2D eigenvalue weighted by molar-refractivity contribution is 0.0419. The van der Waals surface area contributed by atoms with Gasteiger partial charge >= 0.3 is 6.09 Å². The smallest absolute Gasteiger partial charge is 0.408 e. The monoisotopic (exact) mass is 381 g/mol. The lowest BCUT2D eigenvalue weighted by atomic mass is 9.96. The SMILES string of the molecule is CC(C)(C)OC(=O)NC(c1ccc(Cl)cc1)C(O)c1ccc(Cl)cc1. The van der Waals surface area contributed by atoms with Crippen molar-refractivity contribution >= 4 is 29.3 Å². The number of carbonyl (C=O) groups is 1. The van der Waals surface area contributed by atoms with Crippen LogP contribution in [0.15, 0.2) is 48.5 Å². The maximum Gasteiger partial charge on any atom is 0.408 e. The van der Waals surface area contributed by atoms with E-state index in [1.54, 1.807) is 69.3 Å². The zero-order valence-electron chi connectivity index (χ0n) is 14.3. The minimum Gasteiger partial charge on any atom is -0.444 e. The van der Waals surface area contributed by atoms with Crippen LogP contribution in [0, 0.1) is 0 Å². The largest absolute Gasteiger partial charge is 0.444 e. The van der Waals surface area contributed by atoms with Crippen molar-refractivity contribution in [2.24, 2.45) is 0 Å². The summed E-state index contributed by atoms with van der Waals surface area (Å²) in [4.78, 5) is 12.2. The third-order valence-corrected chi connectivity index (χ3v) is 3.93. The zero-order chi connectivity index (χ0) is 18.6. The molecule has 1 amide bonds. The summed E-state index contributed by atoms with van der Waals surface area (Å²) in [5, 5.41) is 14.7. The Morgan fingerprint density at radius 1 is 0.960 bits per heavy atom. The number of alkyl carbamates (subject to hydrolysis) is 1. The van der Waals surface area contributed by atoms with Crippen LogP contribution in [-0.4, -0.2) is 16.8 Å². The Morgan fingerprint density at radius 2 is 1.40 bits per heavy atom. The number of hydrogen-bond donors (Lipinski definition) is 2. The number of rotatable bonds is 4. The Morgan fingerprint density at radius 3 is 1.84 bits per heavy atom. The van der Waals surface area contributed by atoms with Crippen molar-refractivity contribution in [2.45, 2.75) is 38.5 Å². The molecule has 0 aliphatic heterocycles. The maximum absolute atomic E-state index is 12.2. The average Bonchev–Trinajstić information content (AvgIpc) is 2.52. The van der Waals surface area contributed by atoms with Gasteiger partial charge in [-0.25, -0.2) is 4.79 Å². The van der Waals surface area contributed by atoms with Gasteiger partial charge in [0.15, 0.2) is 0 Å². The van der Waals surface area contributed by atoms with Crippen LogP contribution in [0.25, 0.3) is 0 Å². The van der Waals surface area contributed by atoms with Crippen LogP contribution in [0.3, 0.4) is 0 Å². The molecule has 0 aromatic heterocycles. The first-order valence-electron chi connectivity index (χ1n) is 7.84. The van der Waals surface area contributed by atoms with Crippen molar-refractivity contribution in [3.8, 4) is 0 Å². The maximum atomic E-state index is 12.2. The number of aliphatic hydroxyl groups excluding tert-OH is 1. The number of halogens is 2. The van der Waals surface area contributed by atoms with Crippen LogP contribution in [-0.2, 0) is 4.74 Å². The van der Waals surface area contributed by atoms with E-state index in [1.807, 2.05) is 0 Å². The molecule has 2 atom stereocenters. The molecule has 134 valence electrons. The third kappa shape index (κ3) is 5.92. The summed E-state index contributed by atoms with van der Waals surface area (Å²) in [5.41, 5.74) is 0.693. The Balaban J connectivity index is 2.29. The number of aliphatic hydroxyl groups is 1. The second kappa shape index (κ2) is 8.09. The van der Waals surface area contributed by atoms with E-state index in [0.29, 0.717) is 21.2 Å². The van der Waals surface area contributed by atoms with E-state index in [9.17, 15) is 9.90 Å². The normalized spacial score (nSPS) is 13.8. The molecule has 2 rings (SSSR count). The molecule has 2 N–H and O–H groups in total. The van der Waals surface area contributed by atoms with E-state index in [4.69, 9.17) is 27.9 Å². The Labute approximate surface area is 157 Å². The summed E-state index contributed by atoms with van der Waals surface area (Å²) in [6, 6.07) is 13.0. The average molecular weight is 382 g/mol. The summed E-state index contributed by atoms with van der Waals surface area (Å²) in [7, 11) is 0. The van der Waals surface area contributed by atoms with E-state index >= 15 is 0 Å². The van der Waals surface area contributed by atoms with Gasteiger partial charge in [0.1, 0.15) is 11.7 Å². The molecule has 2 aromatic carbocycles. The molecule has 0 aliphatic rings. The number of hydrogen-bond acceptors (Lipinski definition) is 3. The quantitative estimate of drug-likeness (QED) is 0.755. The van der Waals surface area contributed by atoms with E-state index in [1.165, 1.54) is 0 Å². The Hall–Kier alpha value is -1.75. The lowest BCUT2D eigenvalue weighted by Crippen LogP contribution is -2.37. The molecule has 0 heterocycles. The molecule has 0 saturated carbocycles. The molecule has 0 fully saturated rings. The van der Waals surface area contributed by atoms with Crippen LogP contribution < -0.4 is 5.32 Å². The fourth-order valence-corrected chi connectivity index (χ4v) is 2.55. The Bertz CT molecular complexity index is 709. The first kappa shape index (κ1) is 19.6. The van der Waals surface area contributed by atoms with Gasteiger partial charge in [-0.3, -0.25) is 0 Å². The molecule has 6 heteroatoms. The molecule has 0 aliphatic carbocycles. The molecular weight excluding hydrogens is 361 g/mol. The van der Waals surface area contributed by atoms with E-state index in [-0.39, 0.29) is 0 Å². The highest BCUT2D eigenvalue weighted by atomic mass is 35.5. The molecule has 4 nitrogen and oxygen atoms in total. The molecule has 0 saturated heterocycles. The second-order valence-electron chi connectivity index (χ2n) is 6.67. The molecule has 2 unspecified atom stereocenters. The summed E-state index contributed by atoms with van der Waals surface area (Å²) in [5.74, 6) is 0. The van der Waals surface area contributed by atoms with Crippen LogP contribution in [0.4, 0.5) is 4.79 Å². The highest BCUT2D eigenvalue weighted by Crippen LogP contribution is 2.30. The minimum atomic E-state index is -0.981. The molecule has 0 bridgehead atoms. The van der Waals surface area contributed by atoms with Gasteiger partial charge in [0.2, 0.25) is 0 Å². The van der Waals surface area contributed by atoms with E-state index in [0.717, 1.165) is 0 Å². The van der Waals surface area contributed by atoms with Gasteiger partial charge in [0.25, 0.3) is 0 Å². The molecule has 2 aromatic rings. The predicted octanol–water partition coefficient (Wildman–Crippen LogP) is 5.29. The minimum absolute atomic E-state index is 0.569. The molecule has 0 radical (unpaired) electrons. The van der Waals surface area contributed by atoms with Gasteiger partial charge in [-0.1, -0.05) is 47.5 Å². The van der Waals surface area contributed by atoms with Crippen molar-refractivity contribution in [2.75, 3.05) is 0 Å². The Kier molecular flexibility index (Phi) is 6.33. The molecule has 0 spiro atoms. The predicted molar refractivity (Wildman–Crippen MR) is 100.0 cm³/mol. The van der Waals surface area contributed by atoms with Crippen LogP contribution in [0.5, 0.6) is 0 Å². The first-order chi connectivity index (χ1) is 11.7. The molecular formula is C19H21Cl2NO3. The number of amides is 1. The van der Waals surface area contributed by atoms with E-state index < -0.39 is 23.8 Å². The highest BCUT2D eigenvalue weighted by molar-refractivity contribution is 6.30. The number of carbonyl (C=O) groups excluding carboxylic acids is 1. The van der Waals surface area contributed by atoms with Crippen molar-refractivity contribution in [3.05, 3.63) is 69.7 Å². The highest BCUT2D eigenvalue weighted by Gasteiger charge is 2.27. The number of ether oxygens (including phenoxy) is 1. The van der Waals surface area contributed by atoms with E-state index in [2.05, 4.69) is 5.32 Å².